The second kappa shape index (κ2) is 7.38. The zero-order chi connectivity index (χ0) is 21.7. The molecule has 1 aromatic heterocycles. The first-order valence-corrected chi connectivity index (χ1v) is 10.3. The highest BCUT2D eigenvalue weighted by Gasteiger charge is 2.40. The number of hydrazine groups is 1. The van der Waals surface area contributed by atoms with Gasteiger partial charge in [-0.05, 0) is 56.2 Å². The van der Waals surface area contributed by atoms with E-state index in [1.54, 1.807) is 12.1 Å². The van der Waals surface area contributed by atoms with Gasteiger partial charge in [0.15, 0.2) is 0 Å². The topological polar surface area (TPSA) is 76.3 Å². The van der Waals surface area contributed by atoms with Crippen molar-refractivity contribution in [1.29, 1.82) is 0 Å². The van der Waals surface area contributed by atoms with Crippen molar-refractivity contribution in [3.8, 4) is 0 Å². The van der Waals surface area contributed by atoms with Crippen LogP contribution in [0.5, 0.6) is 0 Å². The van der Waals surface area contributed by atoms with Gasteiger partial charge in [0.1, 0.15) is 17.6 Å². The minimum Gasteiger partial charge on any atom is -0.397 e. The number of hydrogen-bond acceptors (Lipinski definition) is 5. The highest BCUT2D eigenvalue weighted by Crippen LogP contribution is 2.48. The largest absolute Gasteiger partial charge is 0.397 e. The van der Waals surface area contributed by atoms with Crippen LogP contribution in [0.4, 0.5) is 17.1 Å². The summed E-state index contributed by atoms with van der Waals surface area (Å²) >= 11 is 6.18. The Hall–Kier alpha value is -2.96. The van der Waals surface area contributed by atoms with E-state index >= 15 is 0 Å². The van der Waals surface area contributed by atoms with Crippen LogP contribution in [0.2, 0.25) is 5.02 Å². The molecule has 0 bridgehead atoms. The van der Waals surface area contributed by atoms with E-state index < -0.39 is 0 Å². The maximum absolute atomic E-state index is 6.28. The predicted molar refractivity (Wildman–Crippen MR) is 126 cm³/mol. The molecule has 1 aliphatic rings. The number of aryl methyl sites for hydroxylation is 2. The molecule has 0 fully saturated rings. The van der Waals surface area contributed by atoms with Crippen molar-refractivity contribution in [2.24, 2.45) is 5.84 Å². The summed E-state index contributed by atoms with van der Waals surface area (Å²) in [6.07, 6.45) is 0. The average molecular weight is 423 g/mol. The van der Waals surface area contributed by atoms with Crippen molar-refractivity contribution in [2.45, 2.75) is 33.4 Å². The molecule has 4 rings (SSSR count). The van der Waals surface area contributed by atoms with Gasteiger partial charge in [0.2, 0.25) is 0 Å². The van der Waals surface area contributed by atoms with Crippen LogP contribution in [0.25, 0.3) is 5.70 Å². The second-order valence-electron chi connectivity index (χ2n) is 7.71. The fourth-order valence-corrected chi connectivity index (χ4v) is 4.44. The fraction of sp³-hybridized carbons (Fsp3) is 0.261. The maximum atomic E-state index is 6.28. The minimum absolute atomic E-state index is 0.0788. The number of halogens is 1. The summed E-state index contributed by atoms with van der Waals surface area (Å²) in [6.45, 7) is 11.4. The molecule has 0 saturated carbocycles. The molecule has 7 heteroatoms. The molecule has 156 valence electrons. The van der Waals surface area contributed by atoms with E-state index in [0.29, 0.717) is 10.7 Å². The fourth-order valence-electron chi connectivity index (χ4n) is 4.31. The van der Waals surface area contributed by atoms with Crippen LogP contribution in [0, 0.1) is 13.8 Å². The Morgan fingerprint density at radius 3 is 2.47 bits per heavy atom. The lowest BCUT2D eigenvalue weighted by molar-refractivity contribution is 0.659. The SMILES string of the molecule is C=C1c2nc(C)n(CC)c2C(c2ccc(Cl)cc2)N1c1cc(C)c(N)c(N(C)N)c1. The third-order valence-corrected chi connectivity index (χ3v) is 6.04. The molecule has 2 aromatic carbocycles. The number of nitrogens with two attached hydrogens (primary N) is 2. The van der Waals surface area contributed by atoms with Crippen LogP contribution in [0.15, 0.2) is 43.0 Å². The molecule has 6 nitrogen and oxygen atoms in total. The van der Waals surface area contributed by atoms with Crippen LogP contribution in [-0.2, 0) is 6.54 Å². The molecule has 1 unspecified atom stereocenters. The van der Waals surface area contributed by atoms with Gasteiger partial charge in [-0.3, -0.25) is 0 Å². The van der Waals surface area contributed by atoms with Crippen LogP contribution >= 0.6 is 11.6 Å². The Kier molecular flexibility index (Phi) is 5.00. The maximum Gasteiger partial charge on any atom is 0.110 e. The Bertz CT molecular complexity index is 1130. The Morgan fingerprint density at radius 2 is 1.87 bits per heavy atom. The molecule has 1 atom stereocenters. The molecule has 30 heavy (non-hydrogen) atoms. The van der Waals surface area contributed by atoms with Gasteiger partial charge >= 0.3 is 0 Å². The smallest absolute Gasteiger partial charge is 0.110 e. The Balaban J connectivity index is 1.96. The lowest BCUT2D eigenvalue weighted by atomic mass is 10.0. The van der Waals surface area contributed by atoms with Gasteiger partial charge in [-0.2, -0.15) is 0 Å². The Morgan fingerprint density at radius 1 is 1.20 bits per heavy atom. The lowest BCUT2D eigenvalue weighted by Crippen LogP contribution is -2.28. The molecule has 2 heterocycles. The van der Waals surface area contributed by atoms with Crippen LogP contribution in [0.3, 0.4) is 0 Å². The van der Waals surface area contributed by atoms with Gasteiger partial charge in [-0.25, -0.2) is 10.8 Å². The van der Waals surface area contributed by atoms with Crippen LogP contribution in [-0.4, -0.2) is 16.6 Å². The third-order valence-electron chi connectivity index (χ3n) is 5.79. The molecule has 0 radical (unpaired) electrons. The van der Waals surface area contributed by atoms with E-state index in [9.17, 15) is 0 Å². The minimum atomic E-state index is -0.0788. The molecule has 3 aromatic rings. The van der Waals surface area contributed by atoms with Gasteiger partial charge in [-0.15, -0.1) is 0 Å². The standard InChI is InChI=1S/C23H27ClN6/c1-6-29-15(4)27-21-14(3)30(18-11-13(2)20(25)19(12-18)28(5)26)22(23(21)29)16-7-9-17(24)10-8-16/h7-12,22H,3,6,25-26H2,1-2,4-5H3. The first-order chi connectivity index (χ1) is 14.2. The molecule has 0 saturated heterocycles. The first-order valence-electron chi connectivity index (χ1n) is 9.94. The summed E-state index contributed by atoms with van der Waals surface area (Å²) in [5, 5.41) is 2.25. The van der Waals surface area contributed by atoms with Crippen molar-refractivity contribution < 1.29 is 0 Å². The highest BCUT2D eigenvalue weighted by atomic mass is 35.5. The molecule has 0 aliphatic carbocycles. The summed E-state index contributed by atoms with van der Waals surface area (Å²) in [5.41, 5.74) is 13.7. The zero-order valence-electron chi connectivity index (χ0n) is 17.8. The van der Waals surface area contributed by atoms with E-state index in [1.807, 2.05) is 32.0 Å². The summed E-state index contributed by atoms with van der Waals surface area (Å²) in [7, 11) is 1.79. The van der Waals surface area contributed by atoms with E-state index in [1.165, 1.54) is 0 Å². The molecule has 1 aliphatic heterocycles. The van der Waals surface area contributed by atoms with Gasteiger partial charge in [0.05, 0.1) is 22.8 Å². The monoisotopic (exact) mass is 422 g/mol. The van der Waals surface area contributed by atoms with Crippen molar-refractivity contribution in [3.63, 3.8) is 0 Å². The van der Waals surface area contributed by atoms with Crippen molar-refractivity contribution in [1.82, 2.24) is 9.55 Å². The molecular formula is C23H27ClN6. The predicted octanol–water partition coefficient (Wildman–Crippen LogP) is 4.65. The van der Waals surface area contributed by atoms with Gasteiger partial charge in [0, 0.05) is 24.3 Å². The number of rotatable bonds is 4. The Labute approximate surface area is 182 Å². The van der Waals surface area contributed by atoms with Gasteiger partial charge in [-0.1, -0.05) is 30.3 Å². The lowest BCUT2D eigenvalue weighted by Gasteiger charge is -2.31. The van der Waals surface area contributed by atoms with Gasteiger partial charge in [0.25, 0.3) is 0 Å². The number of hydrogen-bond donors (Lipinski definition) is 2. The second-order valence-corrected chi connectivity index (χ2v) is 8.15. The van der Waals surface area contributed by atoms with E-state index in [2.05, 4.69) is 41.2 Å². The number of nitrogen functional groups attached to an aromatic ring is 1. The molecule has 4 N–H and O–H groups in total. The number of anilines is 3. The number of benzene rings is 2. The number of imidazole rings is 1. The number of fused-ring (bicyclic) bond motifs is 1. The summed E-state index contributed by atoms with van der Waals surface area (Å²) in [4.78, 5) is 7.06. The summed E-state index contributed by atoms with van der Waals surface area (Å²) in [5.74, 6) is 7.04. The van der Waals surface area contributed by atoms with E-state index in [0.717, 1.165) is 52.0 Å². The van der Waals surface area contributed by atoms with Crippen molar-refractivity contribution >= 4 is 34.4 Å². The van der Waals surface area contributed by atoms with E-state index in [-0.39, 0.29) is 6.04 Å². The summed E-state index contributed by atoms with van der Waals surface area (Å²) in [6, 6.07) is 12.0. The van der Waals surface area contributed by atoms with Crippen LogP contribution < -0.4 is 21.5 Å². The van der Waals surface area contributed by atoms with Crippen LogP contribution in [0.1, 0.15) is 41.3 Å². The number of aromatic nitrogens is 2. The van der Waals surface area contributed by atoms with Gasteiger partial charge < -0.3 is 20.2 Å². The quantitative estimate of drug-likeness (QED) is 0.363. The molecule has 0 amide bonds. The van der Waals surface area contributed by atoms with Crippen molar-refractivity contribution in [2.75, 3.05) is 22.7 Å². The zero-order valence-corrected chi connectivity index (χ0v) is 18.5. The summed E-state index contributed by atoms with van der Waals surface area (Å²) < 4.78 is 2.25. The molecule has 0 spiro atoms. The normalized spacial score (nSPS) is 15.6. The first kappa shape index (κ1) is 20.3. The van der Waals surface area contributed by atoms with Crippen molar-refractivity contribution in [3.05, 3.63) is 76.3 Å². The average Bonchev–Trinajstić information content (AvgIpc) is 3.17. The van der Waals surface area contributed by atoms with E-state index in [4.69, 9.17) is 28.2 Å². The number of nitrogens with zero attached hydrogens (tertiary/aromatic N) is 4. The highest BCUT2D eigenvalue weighted by molar-refractivity contribution is 6.30. The molecular weight excluding hydrogens is 396 g/mol. The third kappa shape index (κ3) is 3.04.